The summed E-state index contributed by atoms with van der Waals surface area (Å²) in [6, 6.07) is 23.0. The zero-order valence-corrected chi connectivity index (χ0v) is 18.2. The van der Waals surface area contributed by atoms with E-state index in [1.165, 1.54) is 0 Å². The second-order valence-electron chi connectivity index (χ2n) is 8.29. The Labute approximate surface area is 188 Å². The molecule has 6 heteroatoms. The number of benzene rings is 3. The van der Waals surface area contributed by atoms with Gasteiger partial charge in [0.25, 0.3) is 5.91 Å². The quantitative estimate of drug-likeness (QED) is 0.232. The van der Waals surface area contributed by atoms with Gasteiger partial charge in [-0.1, -0.05) is 54.5 Å². The van der Waals surface area contributed by atoms with Gasteiger partial charge in [-0.15, -0.1) is 0 Å². The van der Waals surface area contributed by atoms with E-state index >= 15 is 0 Å². The number of carbonyl (C=O) groups excluding carboxylic acids is 1. The molecule has 3 aromatic rings. The Morgan fingerprint density at radius 1 is 1.00 bits per heavy atom. The van der Waals surface area contributed by atoms with Crippen LogP contribution in [0.1, 0.15) is 35.7 Å². The standard InChI is InChI=1S/C26H28N4O2/c1-18-12-14-30(15-13-18)22-9-5-8-21(16-22)26(31)28-24-11-10-20(17-23(24)25(27)29-32)19-6-3-2-4-7-19/h2-11,16-18,32H,12-15H2,1H3,(H2,27,29)(H,28,31). The molecule has 6 nitrogen and oxygen atoms in total. The second kappa shape index (κ2) is 9.56. The third kappa shape index (κ3) is 4.75. The Morgan fingerprint density at radius 3 is 2.47 bits per heavy atom. The van der Waals surface area contributed by atoms with Crippen molar-refractivity contribution in [2.24, 2.45) is 16.8 Å². The number of oxime groups is 1. The predicted molar refractivity (Wildman–Crippen MR) is 129 cm³/mol. The molecule has 0 aliphatic carbocycles. The minimum absolute atomic E-state index is 0.0609. The van der Waals surface area contributed by atoms with Crippen LogP contribution in [-0.4, -0.2) is 30.0 Å². The highest BCUT2D eigenvalue weighted by Crippen LogP contribution is 2.27. The average Bonchev–Trinajstić information content (AvgIpc) is 2.85. The number of anilines is 2. The highest BCUT2D eigenvalue weighted by atomic mass is 16.4. The molecule has 0 aromatic heterocycles. The predicted octanol–water partition coefficient (Wildman–Crippen LogP) is 4.94. The van der Waals surface area contributed by atoms with Gasteiger partial charge >= 0.3 is 0 Å². The van der Waals surface area contributed by atoms with Gasteiger partial charge in [-0.3, -0.25) is 4.79 Å². The summed E-state index contributed by atoms with van der Waals surface area (Å²) in [5, 5.41) is 15.3. The van der Waals surface area contributed by atoms with Crippen molar-refractivity contribution in [3.63, 3.8) is 0 Å². The Hall–Kier alpha value is -3.80. The fraction of sp³-hybridized carbons (Fsp3) is 0.231. The van der Waals surface area contributed by atoms with Crippen molar-refractivity contribution >= 4 is 23.1 Å². The molecule has 1 saturated heterocycles. The summed E-state index contributed by atoms with van der Waals surface area (Å²) in [5.41, 5.74) is 10.4. The lowest BCUT2D eigenvalue weighted by Crippen LogP contribution is -2.32. The van der Waals surface area contributed by atoms with E-state index in [0.717, 1.165) is 48.7 Å². The number of piperidine rings is 1. The van der Waals surface area contributed by atoms with E-state index in [0.29, 0.717) is 16.8 Å². The minimum atomic E-state index is -0.239. The Kier molecular flexibility index (Phi) is 6.40. The fourth-order valence-electron chi connectivity index (χ4n) is 4.03. The molecule has 4 rings (SSSR count). The summed E-state index contributed by atoms with van der Waals surface area (Å²) in [6.45, 7) is 4.28. The monoisotopic (exact) mass is 428 g/mol. The van der Waals surface area contributed by atoms with Gasteiger partial charge in [-0.05, 0) is 60.2 Å². The maximum absolute atomic E-state index is 13.0. The number of rotatable bonds is 5. The van der Waals surface area contributed by atoms with Crippen LogP contribution in [0.25, 0.3) is 11.1 Å². The van der Waals surface area contributed by atoms with Crippen molar-refractivity contribution in [1.82, 2.24) is 0 Å². The van der Waals surface area contributed by atoms with Crippen LogP contribution in [0.2, 0.25) is 0 Å². The molecular formula is C26H28N4O2. The van der Waals surface area contributed by atoms with Crippen LogP contribution in [0.3, 0.4) is 0 Å². The van der Waals surface area contributed by atoms with Gasteiger partial charge in [0.05, 0.1) is 5.69 Å². The van der Waals surface area contributed by atoms with E-state index in [1.807, 2.05) is 60.7 Å². The van der Waals surface area contributed by atoms with Crippen LogP contribution in [0, 0.1) is 5.92 Å². The number of nitrogens with two attached hydrogens (primary N) is 1. The Bertz CT molecular complexity index is 1120. The molecular weight excluding hydrogens is 400 g/mol. The zero-order chi connectivity index (χ0) is 22.5. The van der Waals surface area contributed by atoms with Gasteiger partial charge in [0, 0.05) is 29.9 Å². The van der Waals surface area contributed by atoms with Gasteiger partial charge in [0.15, 0.2) is 5.84 Å². The molecule has 0 atom stereocenters. The number of amides is 1. The first-order valence-corrected chi connectivity index (χ1v) is 10.9. The van der Waals surface area contributed by atoms with Crippen LogP contribution >= 0.6 is 0 Å². The molecule has 32 heavy (non-hydrogen) atoms. The number of nitrogens with zero attached hydrogens (tertiary/aromatic N) is 2. The highest BCUT2D eigenvalue weighted by molar-refractivity contribution is 6.10. The van der Waals surface area contributed by atoms with Crippen molar-refractivity contribution in [1.29, 1.82) is 0 Å². The van der Waals surface area contributed by atoms with Crippen LogP contribution in [0.4, 0.5) is 11.4 Å². The zero-order valence-electron chi connectivity index (χ0n) is 18.2. The number of amidine groups is 1. The van der Waals surface area contributed by atoms with Crippen molar-refractivity contribution in [2.45, 2.75) is 19.8 Å². The third-order valence-electron chi connectivity index (χ3n) is 6.02. The van der Waals surface area contributed by atoms with E-state index in [1.54, 1.807) is 12.1 Å². The largest absolute Gasteiger partial charge is 0.409 e. The SMILES string of the molecule is CC1CCN(c2cccc(C(=O)Nc3ccc(-c4ccccc4)cc3/C(N)=N/O)c2)CC1. The molecule has 1 fully saturated rings. The van der Waals surface area contributed by atoms with Crippen LogP contribution < -0.4 is 16.0 Å². The lowest BCUT2D eigenvalue weighted by Gasteiger charge is -2.32. The van der Waals surface area contributed by atoms with Crippen molar-refractivity contribution in [2.75, 3.05) is 23.3 Å². The van der Waals surface area contributed by atoms with Gasteiger partial charge in [-0.25, -0.2) is 0 Å². The smallest absolute Gasteiger partial charge is 0.255 e. The van der Waals surface area contributed by atoms with E-state index < -0.39 is 0 Å². The molecule has 0 bridgehead atoms. The van der Waals surface area contributed by atoms with E-state index in [4.69, 9.17) is 5.73 Å². The summed E-state index contributed by atoms with van der Waals surface area (Å²) in [6.07, 6.45) is 2.32. The Balaban J connectivity index is 1.58. The third-order valence-corrected chi connectivity index (χ3v) is 6.02. The average molecular weight is 429 g/mol. The fourth-order valence-corrected chi connectivity index (χ4v) is 4.03. The molecule has 1 heterocycles. The molecule has 164 valence electrons. The van der Waals surface area contributed by atoms with Crippen molar-refractivity contribution in [3.05, 3.63) is 83.9 Å². The van der Waals surface area contributed by atoms with Crippen LogP contribution in [0.15, 0.2) is 78.0 Å². The van der Waals surface area contributed by atoms with E-state index in [-0.39, 0.29) is 11.7 Å². The summed E-state index contributed by atoms with van der Waals surface area (Å²) in [4.78, 5) is 15.4. The molecule has 0 unspecified atom stereocenters. The second-order valence-corrected chi connectivity index (χ2v) is 8.29. The van der Waals surface area contributed by atoms with Crippen molar-refractivity contribution in [3.8, 4) is 11.1 Å². The number of nitrogens with one attached hydrogen (secondary N) is 1. The summed E-state index contributed by atoms with van der Waals surface area (Å²) < 4.78 is 0. The highest BCUT2D eigenvalue weighted by Gasteiger charge is 2.18. The lowest BCUT2D eigenvalue weighted by atomic mass is 9.98. The van der Waals surface area contributed by atoms with E-state index in [2.05, 4.69) is 22.3 Å². The number of hydrogen-bond donors (Lipinski definition) is 3. The summed E-state index contributed by atoms with van der Waals surface area (Å²) >= 11 is 0. The molecule has 3 aromatic carbocycles. The van der Waals surface area contributed by atoms with Gasteiger partial charge in [-0.2, -0.15) is 0 Å². The van der Waals surface area contributed by atoms with Crippen molar-refractivity contribution < 1.29 is 10.0 Å². The van der Waals surface area contributed by atoms with Gasteiger partial charge in [0.1, 0.15) is 0 Å². The minimum Gasteiger partial charge on any atom is -0.409 e. The van der Waals surface area contributed by atoms with Crippen LogP contribution in [-0.2, 0) is 0 Å². The molecule has 1 aliphatic rings. The first kappa shape index (κ1) is 21.4. The van der Waals surface area contributed by atoms with Gasteiger partial charge in [0.2, 0.25) is 0 Å². The Morgan fingerprint density at radius 2 is 1.75 bits per heavy atom. The summed E-state index contributed by atoms with van der Waals surface area (Å²) in [7, 11) is 0. The normalized spacial score (nSPS) is 14.9. The molecule has 1 amide bonds. The maximum Gasteiger partial charge on any atom is 0.255 e. The number of carbonyl (C=O) groups is 1. The molecule has 0 spiro atoms. The maximum atomic E-state index is 13.0. The molecule has 0 saturated carbocycles. The lowest BCUT2D eigenvalue weighted by molar-refractivity contribution is 0.102. The number of hydrogen-bond acceptors (Lipinski definition) is 4. The van der Waals surface area contributed by atoms with E-state index in [9.17, 15) is 10.0 Å². The summed E-state index contributed by atoms with van der Waals surface area (Å²) in [5.74, 6) is 0.444. The topological polar surface area (TPSA) is 91.0 Å². The first-order valence-electron chi connectivity index (χ1n) is 10.9. The molecule has 4 N–H and O–H groups in total. The van der Waals surface area contributed by atoms with Gasteiger partial charge < -0.3 is 21.2 Å². The first-order chi connectivity index (χ1) is 15.5. The van der Waals surface area contributed by atoms with Crippen LogP contribution in [0.5, 0.6) is 0 Å². The molecule has 0 radical (unpaired) electrons. The molecule has 1 aliphatic heterocycles.